The van der Waals surface area contributed by atoms with E-state index < -0.39 is 0 Å². The second kappa shape index (κ2) is 5.63. The molecule has 4 heteroatoms. The van der Waals surface area contributed by atoms with Gasteiger partial charge in [0, 0.05) is 4.47 Å². The Hall–Kier alpha value is -0.900. The standard InChI is InChI=1S/C13H8BrClOS/c14-10-3-1-2-9(8-10)4-5-11(16)12-6-7-13(15)17-12/h1-8H/b5-4+. The van der Waals surface area contributed by atoms with Crippen LogP contribution in [0.1, 0.15) is 15.2 Å². The predicted octanol–water partition coefficient (Wildman–Crippen LogP) is 5.06. The Balaban J connectivity index is 2.13. The summed E-state index contributed by atoms with van der Waals surface area (Å²) in [5.74, 6) is -0.0260. The normalized spacial score (nSPS) is 10.9. The van der Waals surface area contributed by atoms with E-state index in [1.165, 1.54) is 11.3 Å². The van der Waals surface area contributed by atoms with Gasteiger partial charge in [-0.25, -0.2) is 0 Å². The van der Waals surface area contributed by atoms with Gasteiger partial charge in [0.05, 0.1) is 9.21 Å². The van der Waals surface area contributed by atoms with E-state index in [9.17, 15) is 4.79 Å². The van der Waals surface area contributed by atoms with E-state index >= 15 is 0 Å². The van der Waals surface area contributed by atoms with Gasteiger partial charge < -0.3 is 0 Å². The molecule has 1 heterocycles. The molecule has 86 valence electrons. The third-order valence-corrected chi connectivity index (χ3v) is 3.83. The van der Waals surface area contributed by atoms with Gasteiger partial charge in [0.2, 0.25) is 0 Å². The minimum absolute atomic E-state index is 0.0260. The highest BCUT2D eigenvalue weighted by molar-refractivity contribution is 9.10. The number of benzene rings is 1. The van der Waals surface area contributed by atoms with E-state index in [1.54, 1.807) is 24.3 Å². The van der Waals surface area contributed by atoms with Crippen LogP contribution in [0, 0.1) is 0 Å². The molecule has 0 aliphatic heterocycles. The zero-order chi connectivity index (χ0) is 12.3. The van der Waals surface area contributed by atoms with Crippen LogP contribution >= 0.6 is 38.9 Å². The van der Waals surface area contributed by atoms with Crippen molar-refractivity contribution in [2.24, 2.45) is 0 Å². The quantitative estimate of drug-likeness (QED) is 0.569. The highest BCUT2D eigenvalue weighted by Crippen LogP contribution is 2.22. The first kappa shape index (κ1) is 12.6. The molecule has 0 aliphatic rings. The smallest absolute Gasteiger partial charge is 0.195 e. The largest absolute Gasteiger partial charge is 0.288 e. The number of rotatable bonds is 3. The Morgan fingerprint density at radius 2 is 2.12 bits per heavy atom. The molecule has 1 aromatic carbocycles. The summed E-state index contributed by atoms with van der Waals surface area (Å²) in [7, 11) is 0. The third-order valence-electron chi connectivity index (χ3n) is 2.09. The average molecular weight is 328 g/mol. The summed E-state index contributed by atoms with van der Waals surface area (Å²) in [5.41, 5.74) is 0.982. The van der Waals surface area contributed by atoms with Crippen molar-refractivity contribution in [2.45, 2.75) is 0 Å². The monoisotopic (exact) mass is 326 g/mol. The first-order valence-electron chi connectivity index (χ1n) is 4.88. The van der Waals surface area contributed by atoms with Crippen LogP contribution in [0.4, 0.5) is 0 Å². The molecule has 0 amide bonds. The van der Waals surface area contributed by atoms with Crippen LogP contribution in [-0.2, 0) is 0 Å². The van der Waals surface area contributed by atoms with E-state index in [1.807, 2.05) is 24.3 Å². The third kappa shape index (κ3) is 3.53. The summed E-state index contributed by atoms with van der Waals surface area (Å²) >= 11 is 10.5. The summed E-state index contributed by atoms with van der Waals surface area (Å²) in [6, 6.07) is 11.2. The number of carbonyl (C=O) groups is 1. The van der Waals surface area contributed by atoms with E-state index in [0.29, 0.717) is 9.21 Å². The molecule has 0 spiro atoms. The maximum absolute atomic E-state index is 11.8. The Morgan fingerprint density at radius 3 is 2.76 bits per heavy atom. The molecular weight excluding hydrogens is 320 g/mol. The molecule has 0 saturated carbocycles. The summed E-state index contributed by atoms with van der Waals surface area (Å²) in [6.45, 7) is 0. The molecule has 0 radical (unpaired) electrons. The number of ketones is 1. The lowest BCUT2D eigenvalue weighted by Crippen LogP contribution is -1.88. The van der Waals surface area contributed by atoms with E-state index in [-0.39, 0.29) is 5.78 Å². The fourth-order valence-corrected chi connectivity index (χ4v) is 2.69. The van der Waals surface area contributed by atoms with Gasteiger partial charge in [0.25, 0.3) is 0 Å². The number of allylic oxidation sites excluding steroid dienone is 1. The van der Waals surface area contributed by atoms with E-state index in [4.69, 9.17) is 11.6 Å². The second-order valence-corrected chi connectivity index (χ2v) is 5.99. The van der Waals surface area contributed by atoms with Crippen molar-refractivity contribution in [3.05, 3.63) is 61.7 Å². The lowest BCUT2D eigenvalue weighted by molar-refractivity contribution is 0.105. The van der Waals surface area contributed by atoms with Crippen molar-refractivity contribution in [1.29, 1.82) is 0 Å². The van der Waals surface area contributed by atoms with Gasteiger partial charge in [0.1, 0.15) is 0 Å². The number of halogens is 2. The van der Waals surface area contributed by atoms with Crippen molar-refractivity contribution >= 4 is 50.7 Å². The molecule has 2 rings (SSSR count). The van der Waals surface area contributed by atoms with Gasteiger partial charge in [-0.1, -0.05) is 45.7 Å². The zero-order valence-corrected chi connectivity index (χ0v) is 11.8. The first-order valence-corrected chi connectivity index (χ1v) is 6.87. The van der Waals surface area contributed by atoms with Crippen LogP contribution in [-0.4, -0.2) is 5.78 Å². The molecule has 0 N–H and O–H groups in total. The predicted molar refractivity (Wildman–Crippen MR) is 76.8 cm³/mol. The fourth-order valence-electron chi connectivity index (χ4n) is 1.31. The molecule has 1 nitrogen and oxygen atoms in total. The van der Waals surface area contributed by atoms with Gasteiger partial charge >= 0.3 is 0 Å². The minimum Gasteiger partial charge on any atom is -0.288 e. The SMILES string of the molecule is O=C(/C=C/c1cccc(Br)c1)c1ccc(Cl)s1. The van der Waals surface area contributed by atoms with Gasteiger partial charge in [-0.2, -0.15) is 0 Å². The summed E-state index contributed by atoms with van der Waals surface area (Å²) in [4.78, 5) is 12.4. The summed E-state index contributed by atoms with van der Waals surface area (Å²) in [6.07, 6.45) is 3.35. The average Bonchev–Trinajstić information content (AvgIpc) is 2.73. The maximum Gasteiger partial charge on any atom is 0.195 e. The van der Waals surface area contributed by atoms with Crippen LogP contribution < -0.4 is 0 Å². The molecule has 0 saturated heterocycles. The molecule has 0 atom stereocenters. The first-order chi connectivity index (χ1) is 8.15. The Bertz CT molecular complexity index is 574. The number of carbonyl (C=O) groups excluding carboxylic acids is 1. The van der Waals surface area contributed by atoms with Gasteiger partial charge in [-0.15, -0.1) is 11.3 Å². The Kier molecular flexibility index (Phi) is 4.15. The molecular formula is C13H8BrClOS. The Morgan fingerprint density at radius 1 is 1.29 bits per heavy atom. The topological polar surface area (TPSA) is 17.1 Å². The van der Waals surface area contributed by atoms with E-state index in [0.717, 1.165) is 10.0 Å². The van der Waals surface area contributed by atoms with Crippen molar-refractivity contribution in [2.75, 3.05) is 0 Å². The van der Waals surface area contributed by atoms with Gasteiger partial charge in [-0.3, -0.25) is 4.79 Å². The molecule has 0 fully saturated rings. The van der Waals surface area contributed by atoms with Crippen LogP contribution in [0.2, 0.25) is 4.34 Å². The molecule has 0 aliphatic carbocycles. The van der Waals surface area contributed by atoms with Gasteiger partial charge in [0.15, 0.2) is 5.78 Å². The molecule has 0 bridgehead atoms. The molecule has 17 heavy (non-hydrogen) atoms. The van der Waals surface area contributed by atoms with Crippen molar-refractivity contribution in [1.82, 2.24) is 0 Å². The summed E-state index contributed by atoms with van der Waals surface area (Å²) in [5, 5.41) is 0. The molecule has 2 aromatic rings. The lowest BCUT2D eigenvalue weighted by atomic mass is 10.2. The fraction of sp³-hybridized carbons (Fsp3) is 0. The number of hydrogen-bond donors (Lipinski definition) is 0. The number of hydrogen-bond acceptors (Lipinski definition) is 2. The maximum atomic E-state index is 11.8. The van der Waals surface area contributed by atoms with Gasteiger partial charge in [-0.05, 0) is 35.9 Å². The van der Waals surface area contributed by atoms with Crippen molar-refractivity contribution < 1.29 is 4.79 Å². The van der Waals surface area contributed by atoms with Crippen molar-refractivity contribution in [3.63, 3.8) is 0 Å². The second-order valence-electron chi connectivity index (χ2n) is 3.36. The summed E-state index contributed by atoms with van der Waals surface area (Å²) < 4.78 is 1.62. The Labute approximate surface area is 117 Å². The molecule has 1 aromatic heterocycles. The molecule has 0 unspecified atom stereocenters. The highest BCUT2D eigenvalue weighted by atomic mass is 79.9. The van der Waals surface area contributed by atoms with Crippen LogP contribution in [0.15, 0.2) is 46.9 Å². The number of thiophene rings is 1. The zero-order valence-electron chi connectivity index (χ0n) is 8.69. The van der Waals surface area contributed by atoms with Crippen LogP contribution in [0.5, 0.6) is 0 Å². The van der Waals surface area contributed by atoms with Crippen LogP contribution in [0.3, 0.4) is 0 Å². The van der Waals surface area contributed by atoms with Crippen LogP contribution in [0.25, 0.3) is 6.08 Å². The minimum atomic E-state index is -0.0260. The van der Waals surface area contributed by atoms with E-state index in [2.05, 4.69) is 15.9 Å². The lowest BCUT2D eigenvalue weighted by Gasteiger charge is -1.93. The highest BCUT2D eigenvalue weighted by Gasteiger charge is 2.04. The van der Waals surface area contributed by atoms with Crippen molar-refractivity contribution in [3.8, 4) is 0 Å².